The Labute approximate surface area is 157 Å². The molecule has 2 aromatic heterocycles. The molecule has 1 aliphatic rings. The van der Waals surface area contributed by atoms with Gasteiger partial charge in [-0.05, 0) is 37.0 Å². The molecule has 1 aliphatic heterocycles. The highest BCUT2D eigenvalue weighted by Crippen LogP contribution is 2.32. The number of rotatable bonds is 5. The van der Waals surface area contributed by atoms with Crippen LogP contribution in [0.2, 0.25) is 0 Å². The van der Waals surface area contributed by atoms with E-state index in [0.29, 0.717) is 18.9 Å². The predicted octanol–water partition coefficient (Wildman–Crippen LogP) is 3.63. The monoisotopic (exact) mass is 367 g/mol. The van der Waals surface area contributed by atoms with Crippen molar-refractivity contribution in [2.24, 2.45) is 0 Å². The van der Waals surface area contributed by atoms with E-state index < -0.39 is 0 Å². The first-order chi connectivity index (χ1) is 13.2. The van der Waals surface area contributed by atoms with Crippen molar-refractivity contribution < 1.29 is 18.4 Å². The largest absolute Gasteiger partial charge is 0.497 e. The Morgan fingerprint density at radius 2 is 2.26 bits per heavy atom. The topological polar surface area (TPSA) is 81.6 Å². The number of piperidine rings is 1. The fourth-order valence-electron chi connectivity index (χ4n) is 3.44. The highest BCUT2D eigenvalue weighted by Gasteiger charge is 2.33. The first-order valence-electron chi connectivity index (χ1n) is 9.01. The van der Waals surface area contributed by atoms with Gasteiger partial charge in [0.15, 0.2) is 6.39 Å². The van der Waals surface area contributed by atoms with Crippen LogP contribution < -0.4 is 4.74 Å². The second-order valence-electron chi connectivity index (χ2n) is 6.57. The maximum atomic E-state index is 12.7. The van der Waals surface area contributed by atoms with E-state index in [2.05, 4.69) is 9.97 Å². The minimum Gasteiger partial charge on any atom is -0.497 e. The van der Waals surface area contributed by atoms with E-state index in [1.807, 2.05) is 24.3 Å². The molecule has 0 saturated carbocycles. The fourth-order valence-corrected chi connectivity index (χ4v) is 3.44. The van der Waals surface area contributed by atoms with Crippen molar-refractivity contribution in [3.8, 4) is 5.75 Å². The summed E-state index contributed by atoms with van der Waals surface area (Å²) in [7, 11) is 1.65. The Morgan fingerprint density at radius 3 is 3.07 bits per heavy atom. The lowest BCUT2D eigenvalue weighted by molar-refractivity contribution is 0.0538. The summed E-state index contributed by atoms with van der Waals surface area (Å²) in [5.74, 6) is 2.20. The number of hydrogen-bond donors (Lipinski definition) is 0. The van der Waals surface area contributed by atoms with Crippen LogP contribution in [-0.2, 0) is 6.42 Å². The van der Waals surface area contributed by atoms with Gasteiger partial charge in [0.1, 0.15) is 17.6 Å². The molecule has 1 saturated heterocycles. The molecule has 0 N–H and O–H groups in total. The highest BCUT2D eigenvalue weighted by molar-refractivity contribution is 5.91. The van der Waals surface area contributed by atoms with Gasteiger partial charge < -0.3 is 18.5 Å². The normalized spacial score (nSPS) is 17.1. The minimum absolute atomic E-state index is 0.176. The molecule has 140 valence electrons. The molecule has 4 rings (SSSR count). The third-order valence-corrected chi connectivity index (χ3v) is 4.78. The number of carbonyl (C=O) groups is 1. The van der Waals surface area contributed by atoms with Crippen molar-refractivity contribution in [1.29, 1.82) is 0 Å². The third-order valence-electron chi connectivity index (χ3n) is 4.78. The van der Waals surface area contributed by atoms with Crippen LogP contribution in [0.5, 0.6) is 5.75 Å². The number of methoxy groups -OCH3 is 1. The lowest BCUT2D eigenvalue weighted by Crippen LogP contribution is -2.38. The average Bonchev–Trinajstić information content (AvgIpc) is 3.40. The molecule has 7 nitrogen and oxygen atoms in total. The second kappa shape index (κ2) is 7.65. The van der Waals surface area contributed by atoms with Crippen LogP contribution in [-0.4, -0.2) is 34.4 Å². The molecule has 1 amide bonds. The summed E-state index contributed by atoms with van der Waals surface area (Å²) in [6, 6.07) is 7.66. The first-order valence-corrected chi connectivity index (χ1v) is 9.01. The van der Waals surface area contributed by atoms with Crippen LogP contribution in [0.15, 0.2) is 51.9 Å². The van der Waals surface area contributed by atoms with E-state index in [-0.39, 0.29) is 17.7 Å². The van der Waals surface area contributed by atoms with Crippen molar-refractivity contribution in [1.82, 2.24) is 14.9 Å². The molecule has 1 unspecified atom stereocenters. The SMILES string of the molecule is COc1cccc(Cc2cnc(C3CCCCN3C(=O)c3cnco3)o2)c1. The van der Waals surface area contributed by atoms with E-state index >= 15 is 0 Å². The van der Waals surface area contributed by atoms with E-state index in [9.17, 15) is 4.79 Å². The van der Waals surface area contributed by atoms with Crippen molar-refractivity contribution >= 4 is 5.91 Å². The second-order valence-corrected chi connectivity index (χ2v) is 6.57. The zero-order chi connectivity index (χ0) is 18.6. The number of aromatic nitrogens is 2. The fraction of sp³-hybridized carbons (Fsp3) is 0.350. The molecule has 0 bridgehead atoms. The summed E-state index contributed by atoms with van der Waals surface area (Å²) < 4.78 is 16.4. The van der Waals surface area contributed by atoms with Gasteiger partial charge >= 0.3 is 0 Å². The van der Waals surface area contributed by atoms with E-state index in [0.717, 1.165) is 36.3 Å². The van der Waals surface area contributed by atoms with Gasteiger partial charge in [-0.25, -0.2) is 9.97 Å². The molecule has 27 heavy (non-hydrogen) atoms. The zero-order valence-electron chi connectivity index (χ0n) is 15.1. The molecular weight excluding hydrogens is 346 g/mol. The van der Waals surface area contributed by atoms with Gasteiger partial charge in [-0.3, -0.25) is 4.79 Å². The number of hydrogen-bond acceptors (Lipinski definition) is 6. The molecule has 1 aromatic carbocycles. The standard InChI is InChI=1S/C20H21N3O4/c1-25-15-6-4-5-14(9-15)10-16-11-22-19(27-16)17-7-2-3-8-23(17)20(24)18-12-21-13-26-18/h4-6,9,11-13,17H,2-3,7-8,10H2,1H3. The van der Waals surface area contributed by atoms with Gasteiger partial charge in [-0.15, -0.1) is 0 Å². The number of amides is 1. The molecule has 0 radical (unpaired) electrons. The number of ether oxygens (including phenoxy) is 1. The highest BCUT2D eigenvalue weighted by atomic mass is 16.5. The molecular formula is C20H21N3O4. The molecule has 3 heterocycles. The first kappa shape index (κ1) is 17.3. The van der Waals surface area contributed by atoms with Gasteiger partial charge in [0.25, 0.3) is 5.91 Å². The molecule has 1 atom stereocenters. The quantitative estimate of drug-likeness (QED) is 0.685. The van der Waals surface area contributed by atoms with Crippen LogP contribution in [0.3, 0.4) is 0 Å². The maximum absolute atomic E-state index is 12.7. The summed E-state index contributed by atoms with van der Waals surface area (Å²) in [5.41, 5.74) is 1.08. The Hall–Kier alpha value is -3.09. The minimum atomic E-state index is -0.185. The third kappa shape index (κ3) is 3.72. The van der Waals surface area contributed by atoms with Crippen molar-refractivity contribution in [2.75, 3.05) is 13.7 Å². The van der Waals surface area contributed by atoms with Crippen molar-refractivity contribution in [2.45, 2.75) is 31.7 Å². The number of nitrogens with zero attached hydrogens (tertiary/aromatic N) is 3. The smallest absolute Gasteiger partial charge is 0.291 e. The molecule has 1 fully saturated rings. The van der Waals surface area contributed by atoms with Crippen LogP contribution in [0, 0.1) is 0 Å². The predicted molar refractivity (Wildman–Crippen MR) is 96.4 cm³/mol. The average molecular weight is 367 g/mol. The van der Waals surface area contributed by atoms with E-state index in [4.69, 9.17) is 13.6 Å². The van der Waals surface area contributed by atoms with Crippen LogP contribution >= 0.6 is 0 Å². The van der Waals surface area contributed by atoms with Crippen LogP contribution in [0.4, 0.5) is 0 Å². The lowest BCUT2D eigenvalue weighted by atomic mass is 10.0. The number of oxazole rings is 2. The van der Waals surface area contributed by atoms with Crippen molar-refractivity contribution in [3.05, 3.63) is 66.0 Å². The summed E-state index contributed by atoms with van der Waals surface area (Å²) >= 11 is 0. The molecule has 7 heteroatoms. The number of carbonyl (C=O) groups excluding carboxylic acids is 1. The van der Waals surface area contributed by atoms with E-state index in [1.165, 1.54) is 12.6 Å². The van der Waals surface area contributed by atoms with Crippen molar-refractivity contribution in [3.63, 3.8) is 0 Å². The zero-order valence-corrected chi connectivity index (χ0v) is 15.1. The Bertz CT molecular complexity index is 904. The molecule has 3 aromatic rings. The lowest BCUT2D eigenvalue weighted by Gasteiger charge is -2.33. The summed E-state index contributed by atoms with van der Waals surface area (Å²) in [6.07, 6.45) is 7.86. The Morgan fingerprint density at radius 1 is 1.33 bits per heavy atom. The summed E-state index contributed by atoms with van der Waals surface area (Å²) in [6.45, 7) is 0.651. The maximum Gasteiger partial charge on any atom is 0.291 e. The van der Waals surface area contributed by atoms with Gasteiger partial charge in [-0.1, -0.05) is 12.1 Å². The molecule has 0 aliphatic carbocycles. The number of benzene rings is 1. The van der Waals surface area contributed by atoms with Gasteiger partial charge in [-0.2, -0.15) is 0 Å². The summed E-state index contributed by atoms with van der Waals surface area (Å²) in [4.78, 5) is 22.8. The summed E-state index contributed by atoms with van der Waals surface area (Å²) in [5, 5.41) is 0. The van der Waals surface area contributed by atoms with Gasteiger partial charge in [0, 0.05) is 13.0 Å². The Kier molecular flexibility index (Phi) is 4.91. The van der Waals surface area contributed by atoms with Gasteiger partial charge in [0.2, 0.25) is 11.7 Å². The Balaban J connectivity index is 1.52. The van der Waals surface area contributed by atoms with Gasteiger partial charge in [0.05, 0.1) is 19.5 Å². The van der Waals surface area contributed by atoms with E-state index in [1.54, 1.807) is 18.2 Å². The van der Waals surface area contributed by atoms with Crippen LogP contribution in [0.1, 0.15) is 53.1 Å². The van der Waals surface area contributed by atoms with Crippen LogP contribution in [0.25, 0.3) is 0 Å². The number of likely N-dealkylation sites (tertiary alicyclic amines) is 1. The molecule has 0 spiro atoms.